The Hall–Kier alpha value is -0.770. The Morgan fingerprint density at radius 3 is 2.67 bits per heavy atom. The lowest BCUT2D eigenvalue weighted by atomic mass is 9.89. The fraction of sp³-hybridized carbons (Fsp3) is 0.625. The molecule has 0 fully saturated rings. The minimum atomic E-state index is -0.272. The summed E-state index contributed by atoms with van der Waals surface area (Å²) in [6.07, 6.45) is 0.411. The highest BCUT2D eigenvalue weighted by Gasteiger charge is 2.21. The van der Waals surface area contributed by atoms with Crippen molar-refractivity contribution < 1.29 is 4.79 Å². The number of carbonyl (C=O) groups excluding carboxylic acids is 1. The molecule has 0 bridgehead atoms. The first-order valence-corrected chi connectivity index (χ1v) is 4.66. The van der Waals surface area contributed by atoms with Crippen LogP contribution in [0.1, 0.15) is 25.8 Å². The molecule has 0 radical (unpaired) electrons. The van der Waals surface area contributed by atoms with E-state index < -0.39 is 0 Å². The molecule has 0 aromatic carbocycles. The van der Waals surface area contributed by atoms with Crippen LogP contribution in [0.3, 0.4) is 0 Å². The first-order valence-electron chi connectivity index (χ1n) is 3.78. The zero-order valence-corrected chi connectivity index (χ0v) is 8.31. The number of nitrogens with zero attached hydrogens (tertiary/aromatic N) is 2. The van der Waals surface area contributed by atoms with Crippen LogP contribution in [0.4, 0.5) is 0 Å². The Morgan fingerprint density at radius 2 is 2.25 bits per heavy atom. The Labute approximate surface area is 75.8 Å². The number of hydrogen-bond donors (Lipinski definition) is 0. The summed E-state index contributed by atoms with van der Waals surface area (Å²) in [6, 6.07) is 0. The van der Waals surface area contributed by atoms with Crippen molar-refractivity contribution in [3.8, 4) is 0 Å². The van der Waals surface area contributed by atoms with Crippen molar-refractivity contribution >= 4 is 17.1 Å². The third-order valence-corrected chi connectivity index (χ3v) is 2.25. The topological polar surface area (TPSA) is 42.9 Å². The Balaban J connectivity index is 2.60. The van der Waals surface area contributed by atoms with Gasteiger partial charge in [-0.2, -0.15) is 0 Å². The van der Waals surface area contributed by atoms with Gasteiger partial charge in [0.25, 0.3) is 0 Å². The van der Waals surface area contributed by atoms with E-state index >= 15 is 0 Å². The van der Waals surface area contributed by atoms with Crippen molar-refractivity contribution in [3.63, 3.8) is 0 Å². The van der Waals surface area contributed by atoms with Gasteiger partial charge in [-0.1, -0.05) is 20.8 Å². The summed E-state index contributed by atoms with van der Waals surface area (Å²) in [5.41, 5.74) is 1.37. The quantitative estimate of drug-likeness (QED) is 0.702. The highest BCUT2D eigenvalue weighted by molar-refractivity contribution is 7.09. The molecule has 0 spiro atoms. The minimum Gasteiger partial charge on any atom is -0.299 e. The van der Waals surface area contributed by atoms with E-state index in [0.29, 0.717) is 6.42 Å². The van der Waals surface area contributed by atoms with Crippen molar-refractivity contribution in [2.75, 3.05) is 0 Å². The molecule has 12 heavy (non-hydrogen) atoms. The smallest absolute Gasteiger partial charge is 0.145 e. The second-order valence-electron chi connectivity index (χ2n) is 3.68. The Morgan fingerprint density at radius 1 is 1.58 bits per heavy atom. The van der Waals surface area contributed by atoms with Crippen LogP contribution in [0.2, 0.25) is 0 Å². The third-order valence-electron chi connectivity index (χ3n) is 1.55. The highest BCUT2D eigenvalue weighted by atomic mass is 32.1. The maximum absolute atomic E-state index is 11.5. The van der Waals surface area contributed by atoms with Gasteiger partial charge in [0, 0.05) is 5.41 Å². The number of hydrogen-bond acceptors (Lipinski definition) is 4. The first kappa shape index (κ1) is 9.32. The Bertz CT molecular complexity index is 261. The average molecular weight is 184 g/mol. The monoisotopic (exact) mass is 184 g/mol. The van der Waals surface area contributed by atoms with Crippen molar-refractivity contribution in [2.45, 2.75) is 27.2 Å². The maximum Gasteiger partial charge on any atom is 0.145 e. The van der Waals surface area contributed by atoms with Crippen LogP contribution >= 0.6 is 11.3 Å². The number of Topliss-reactive ketones (excluding diaryl/α,β-unsaturated/α-hetero) is 1. The molecule has 1 aromatic rings. The fourth-order valence-corrected chi connectivity index (χ4v) is 1.20. The van der Waals surface area contributed by atoms with Gasteiger partial charge in [0.15, 0.2) is 0 Å². The van der Waals surface area contributed by atoms with Gasteiger partial charge in [-0.3, -0.25) is 4.79 Å². The van der Waals surface area contributed by atoms with Gasteiger partial charge < -0.3 is 0 Å². The molecular formula is C8H12N2OS. The molecule has 0 aliphatic rings. The third kappa shape index (κ3) is 2.37. The van der Waals surface area contributed by atoms with E-state index in [2.05, 4.69) is 10.2 Å². The predicted molar refractivity (Wildman–Crippen MR) is 48.1 cm³/mol. The molecule has 0 amide bonds. The van der Waals surface area contributed by atoms with Gasteiger partial charge in [0.2, 0.25) is 0 Å². The lowest BCUT2D eigenvalue weighted by molar-refractivity contribution is -0.125. The lowest BCUT2D eigenvalue weighted by Crippen LogP contribution is -2.21. The van der Waals surface area contributed by atoms with E-state index in [1.54, 1.807) is 5.51 Å². The molecule has 3 nitrogen and oxygen atoms in total. The van der Waals surface area contributed by atoms with Crippen LogP contribution in [0.25, 0.3) is 0 Å². The number of ketones is 1. The molecule has 1 rings (SSSR count). The van der Waals surface area contributed by atoms with Crippen LogP contribution in [0, 0.1) is 5.41 Å². The molecule has 0 aliphatic carbocycles. The first-order chi connectivity index (χ1) is 5.50. The van der Waals surface area contributed by atoms with Crippen LogP contribution in [0.5, 0.6) is 0 Å². The largest absolute Gasteiger partial charge is 0.299 e. The number of carbonyl (C=O) groups is 1. The second-order valence-corrected chi connectivity index (χ2v) is 4.60. The molecule has 0 atom stereocenters. The van der Waals surface area contributed by atoms with E-state index in [1.165, 1.54) is 11.3 Å². The minimum absolute atomic E-state index is 0.208. The van der Waals surface area contributed by atoms with Crippen molar-refractivity contribution in [3.05, 3.63) is 10.5 Å². The molecule has 0 saturated heterocycles. The number of aromatic nitrogens is 2. The molecule has 1 aromatic heterocycles. The maximum atomic E-state index is 11.5. The highest BCUT2D eigenvalue weighted by Crippen LogP contribution is 2.17. The number of rotatable bonds is 2. The SMILES string of the molecule is CC(C)(C)C(=O)Cc1nncs1. The van der Waals surface area contributed by atoms with Gasteiger partial charge in [0.05, 0.1) is 6.42 Å². The summed E-state index contributed by atoms with van der Waals surface area (Å²) in [6.45, 7) is 5.74. The van der Waals surface area contributed by atoms with Crippen LogP contribution < -0.4 is 0 Å². The van der Waals surface area contributed by atoms with Gasteiger partial charge in [-0.05, 0) is 0 Å². The summed E-state index contributed by atoms with van der Waals surface area (Å²) in [5.74, 6) is 0.208. The van der Waals surface area contributed by atoms with Crippen molar-refractivity contribution in [1.82, 2.24) is 10.2 Å². The standard InChI is InChI=1S/C8H12N2OS/c1-8(2,3)6(11)4-7-10-9-5-12-7/h5H,4H2,1-3H3. The van der Waals surface area contributed by atoms with Gasteiger partial charge in [0.1, 0.15) is 16.3 Å². The molecular weight excluding hydrogens is 172 g/mol. The molecule has 4 heteroatoms. The van der Waals surface area contributed by atoms with E-state index in [9.17, 15) is 4.79 Å². The van der Waals surface area contributed by atoms with E-state index in [1.807, 2.05) is 20.8 Å². The van der Waals surface area contributed by atoms with E-state index in [-0.39, 0.29) is 11.2 Å². The molecule has 66 valence electrons. The summed E-state index contributed by atoms with van der Waals surface area (Å²) in [7, 11) is 0. The van der Waals surface area contributed by atoms with Crippen molar-refractivity contribution in [2.24, 2.45) is 5.41 Å². The zero-order valence-electron chi connectivity index (χ0n) is 7.50. The van der Waals surface area contributed by atoms with Crippen LogP contribution in [-0.4, -0.2) is 16.0 Å². The van der Waals surface area contributed by atoms with Gasteiger partial charge in [-0.25, -0.2) is 0 Å². The molecule has 0 unspecified atom stereocenters. The van der Waals surface area contributed by atoms with Crippen LogP contribution in [-0.2, 0) is 11.2 Å². The van der Waals surface area contributed by atoms with E-state index in [0.717, 1.165) is 5.01 Å². The van der Waals surface area contributed by atoms with Gasteiger partial charge in [-0.15, -0.1) is 21.5 Å². The Kier molecular flexibility index (Phi) is 2.57. The second kappa shape index (κ2) is 3.31. The molecule has 0 aliphatic heterocycles. The summed E-state index contributed by atoms with van der Waals surface area (Å²) < 4.78 is 0. The predicted octanol–water partition coefficient (Wildman–Crippen LogP) is 1.70. The molecule has 0 saturated carbocycles. The summed E-state index contributed by atoms with van der Waals surface area (Å²) in [4.78, 5) is 11.5. The van der Waals surface area contributed by atoms with Crippen LogP contribution in [0.15, 0.2) is 5.51 Å². The van der Waals surface area contributed by atoms with E-state index in [4.69, 9.17) is 0 Å². The summed E-state index contributed by atoms with van der Waals surface area (Å²) in [5, 5.41) is 8.29. The molecule has 0 N–H and O–H groups in total. The fourth-order valence-electron chi connectivity index (χ4n) is 0.675. The average Bonchev–Trinajstić information content (AvgIpc) is 2.37. The van der Waals surface area contributed by atoms with Gasteiger partial charge >= 0.3 is 0 Å². The lowest BCUT2D eigenvalue weighted by Gasteiger charge is -2.14. The summed E-state index contributed by atoms with van der Waals surface area (Å²) >= 11 is 1.42. The molecule has 1 heterocycles. The zero-order chi connectivity index (χ0) is 9.19. The van der Waals surface area contributed by atoms with Crippen molar-refractivity contribution in [1.29, 1.82) is 0 Å². The normalized spacial score (nSPS) is 11.6.